The van der Waals surface area contributed by atoms with Crippen molar-refractivity contribution in [3.8, 4) is 0 Å². The molecule has 1 aromatic carbocycles. The number of hydrogen-bond donors (Lipinski definition) is 1. The third-order valence-electron chi connectivity index (χ3n) is 2.01. The topological polar surface area (TPSA) is 29.1 Å². The number of nitrogens with one attached hydrogen (secondary N) is 1. The van der Waals surface area contributed by atoms with Crippen LogP contribution in [-0.4, -0.2) is 12.8 Å². The molecule has 70 valence electrons. The predicted octanol–water partition coefficient (Wildman–Crippen LogP) is 2.49. The van der Waals surface area contributed by atoms with Gasteiger partial charge in [-0.05, 0) is 37.1 Å². The first-order chi connectivity index (χ1) is 6.31. The van der Waals surface area contributed by atoms with Gasteiger partial charge in [-0.1, -0.05) is 6.92 Å². The van der Waals surface area contributed by atoms with Gasteiger partial charge in [0, 0.05) is 17.8 Å². The zero-order chi connectivity index (χ0) is 9.68. The molecule has 2 heteroatoms. The molecule has 13 heavy (non-hydrogen) atoms. The second-order valence-electron chi connectivity index (χ2n) is 2.92. The molecular formula is C11H15NO. The molecule has 0 radical (unpaired) electrons. The average molecular weight is 177 g/mol. The van der Waals surface area contributed by atoms with Crippen LogP contribution in [0.3, 0.4) is 0 Å². The fraction of sp³-hybridized carbons (Fsp3) is 0.364. The van der Waals surface area contributed by atoms with Crippen LogP contribution in [0.15, 0.2) is 18.2 Å². The Labute approximate surface area is 79.0 Å². The Bertz CT molecular complexity index is 294. The van der Waals surface area contributed by atoms with E-state index < -0.39 is 0 Å². The van der Waals surface area contributed by atoms with Crippen LogP contribution in [0.5, 0.6) is 0 Å². The molecule has 0 aliphatic heterocycles. The summed E-state index contributed by atoms with van der Waals surface area (Å²) >= 11 is 0. The van der Waals surface area contributed by atoms with E-state index in [0.717, 1.165) is 30.5 Å². The maximum atomic E-state index is 10.5. The fourth-order valence-electron chi connectivity index (χ4n) is 1.34. The summed E-state index contributed by atoms with van der Waals surface area (Å²) < 4.78 is 0. The summed E-state index contributed by atoms with van der Waals surface area (Å²) in [4.78, 5) is 10.5. The molecule has 0 aliphatic rings. The summed E-state index contributed by atoms with van der Waals surface area (Å²) in [5, 5.41) is 3.26. The highest BCUT2D eigenvalue weighted by Gasteiger charge is 2.00. The molecule has 0 aliphatic carbocycles. The van der Waals surface area contributed by atoms with Gasteiger partial charge in [-0.2, -0.15) is 0 Å². The normalized spacial score (nSPS) is 9.69. The van der Waals surface area contributed by atoms with Crippen molar-refractivity contribution in [3.05, 3.63) is 29.3 Å². The Hall–Kier alpha value is -1.31. The third kappa shape index (κ3) is 2.31. The number of carbonyl (C=O) groups is 1. The lowest BCUT2D eigenvalue weighted by Gasteiger charge is -2.09. The first kappa shape index (κ1) is 9.78. The van der Waals surface area contributed by atoms with Crippen molar-refractivity contribution in [2.75, 3.05) is 11.9 Å². The molecule has 0 bridgehead atoms. The van der Waals surface area contributed by atoms with Gasteiger partial charge >= 0.3 is 0 Å². The molecule has 0 unspecified atom stereocenters. The van der Waals surface area contributed by atoms with Crippen LogP contribution < -0.4 is 5.32 Å². The maximum absolute atomic E-state index is 10.5. The van der Waals surface area contributed by atoms with Gasteiger partial charge in [0.2, 0.25) is 0 Å². The molecule has 2 nitrogen and oxygen atoms in total. The number of anilines is 1. The van der Waals surface area contributed by atoms with Crippen molar-refractivity contribution in [2.24, 2.45) is 0 Å². The molecule has 0 amide bonds. The summed E-state index contributed by atoms with van der Waals surface area (Å²) in [6.07, 6.45) is 1.83. The van der Waals surface area contributed by atoms with E-state index in [-0.39, 0.29) is 0 Å². The largest absolute Gasteiger partial charge is 0.385 e. The Kier molecular flexibility index (Phi) is 3.50. The molecule has 0 heterocycles. The van der Waals surface area contributed by atoms with E-state index in [9.17, 15) is 4.79 Å². The monoisotopic (exact) mass is 177 g/mol. The highest BCUT2D eigenvalue weighted by Crippen LogP contribution is 2.17. The summed E-state index contributed by atoms with van der Waals surface area (Å²) in [7, 11) is 0. The van der Waals surface area contributed by atoms with Crippen molar-refractivity contribution in [1.29, 1.82) is 0 Å². The predicted molar refractivity (Wildman–Crippen MR) is 55.4 cm³/mol. The molecule has 1 aromatic rings. The first-order valence-electron chi connectivity index (χ1n) is 4.63. The second-order valence-corrected chi connectivity index (χ2v) is 2.92. The van der Waals surface area contributed by atoms with Crippen LogP contribution in [0.2, 0.25) is 0 Å². The smallest absolute Gasteiger partial charge is 0.150 e. The zero-order valence-corrected chi connectivity index (χ0v) is 8.13. The summed E-state index contributed by atoms with van der Waals surface area (Å²) in [6.45, 7) is 5.06. The van der Waals surface area contributed by atoms with Gasteiger partial charge in [-0.3, -0.25) is 4.79 Å². The van der Waals surface area contributed by atoms with Gasteiger partial charge in [0.15, 0.2) is 0 Å². The molecule has 0 saturated carbocycles. The van der Waals surface area contributed by atoms with Crippen LogP contribution in [0.25, 0.3) is 0 Å². The Balaban J connectivity index is 3.00. The zero-order valence-electron chi connectivity index (χ0n) is 8.13. The van der Waals surface area contributed by atoms with E-state index in [1.165, 1.54) is 5.56 Å². The Morgan fingerprint density at radius 1 is 1.38 bits per heavy atom. The number of aryl methyl sites for hydroxylation is 1. The lowest BCUT2D eigenvalue weighted by atomic mass is 10.1. The van der Waals surface area contributed by atoms with Crippen molar-refractivity contribution in [1.82, 2.24) is 0 Å². The molecule has 0 saturated heterocycles. The molecular weight excluding hydrogens is 162 g/mol. The Morgan fingerprint density at radius 2 is 2.15 bits per heavy atom. The number of rotatable bonds is 4. The van der Waals surface area contributed by atoms with Crippen LogP contribution >= 0.6 is 0 Å². The lowest BCUT2D eigenvalue weighted by molar-refractivity contribution is 0.112. The molecule has 1 rings (SSSR count). The van der Waals surface area contributed by atoms with Crippen molar-refractivity contribution in [3.63, 3.8) is 0 Å². The van der Waals surface area contributed by atoms with E-state index >= 15 is 0 Å². The number of carbonyl (C=O) groups excluding carboxylic acids is 1. The van der Waals surface area contributed by atoms with Crippen LogP contribution in [0.4, 0.5) is 5.69 Å². The summed E-state index contributed by atoms with van der Waals surface area (Å²) in [5.74, 6) is 0. The molecule has 0 atom stereocenters. The third-order valence-corrected chi connectivity index (χ3v) is 2.01. The van der Waals surface area contributed by atoms with Crippen molar-refractivity contribution >= 4 is 12.0 Å². The number of aldehydes is 1. The van der Waals surface area contributed by atoms with Crippen molar-refractivity contribution < 1.29 is 4.79 Å². The number of benzene rings is 1. The van der Waals surface area contributed by atoms with Crippen LogP contribution in [0.1, 0.15) is 29.8 Å². The number of hydrogen-bond acceptors (Lipinski definition) is 2. The lowest BCUT2D eigenvalue weighted by Crippen LogP contribution is -2.00. The quantitative estimate of drug-likeness (QED) is 0.716. The molecule has 1 N–H and O–H groups in total. The second kappa shape index (κ2) is 4.65. The summed E-state index contributed by atoms with van der Waals surface area (Å²) in [5.41, 5.74) is 3.08. The van der Waals surface area contributed by atoms with Crippen LogP contribution in [-0.2, 0) is 6.42 Å². The van der Waals surface area contributed by atoms with Gasteiger partial charge in [0.05, 0.1) is 0 Å². The SMILES string of the molecule is CCNc1ccc(C=O)cc1CC. The average Bonchev–Trinajstić information content (AvgIpc) is 2.19. The van der Waals surface area contributed by atoms with E-state index in [1.807, 2.05) is 18.2 Å². The van der Waals surface area contributed by atoms with Gasteiger partial charge in [0.1, 0.15) is 6.29 Å². The van der Waals surface area contributed by atoms with Crippen molar-refractivity contribution in [2.45, 2.75) is 20.3 Å². The van der Waals surface area contributed by atoms with Gasteiger partial charge in [0.25, 0.3) is 0 Å². The minimum absolute atomic E-state index is 0.749. The minimum atomic E-state index is 0.749. The van der Waals surface area contributed by atoms with Gasteiger partial charge in [-0.25, -0.2) is 0 Å². The molecule has 0 spiro atoms. The van der Waals surface area contributed by atoms with E-state index in [1.54, 1.807) is 0 Å². The molecule has 0 fully saturated rings. The highest BCUT2D eigenvalue weighted by atomic mass is 16.1. The first-order valence-corrected chi connectivity index (χ1v) is 4.63. The van der Waals surface area contributed by atoms with E-state index in [2.05, 4.69) is 19.2 Å². The standard InChI is InChI=1S/C11H15NO/c1-3-10-7-9(8-13)5-6-11(10)12-4-2/h5-8,12H,3-4H2,1-2H3. The minimum Gasteiger partial charge on any atom is -0.385 e. The fourth-order valence-corrected chi connectivity index (χ4v) is 1.34. The van der Waals surface area contributed by atoms with Gasteiger partial charge in [-0.15, -0.1) is 0 Å². The van der Waals surface area contributed by atoms with Gasteiger partial charge < -0.3 is 5.32 Å². The van der Waals surface area contributed by atoms with E-state index in [4.69, 9.17) is 0 Å². The molecule has 0 aromatic heterocycles. The maximum Gasteiger partial charge on any atom is 0.150 e. The highest BCUT2D eigenvalue weighted by molar-refractivity contribution is 5.76. The van der Waals surface area contributed by atoms with Crippen LogP contribution in [0, 0.1) is 0 Å². The summed E-state index contributed by atoms with van der Waals surface area (Å²) in [6, 6.07) is 5.74. The Morgan fingerprint density at radius 3 is 2.69 bits per heavy atom. The van der Waals surface area contributed by atoms with E-state index in [0.29, 0.717) is 0 Å².